The first kappa shape index (κ1) is 20.2. The second-order valence-corrected chi connectivity index (χ2v) is 10.4. The van der Waals surface area contributed by atoms with Crippen LogP contribution in [0.25, 0.3) is 0 Å². The van der Waals surface area contributed by atoms with E-state index < -0.39 is 26.1 Å². The second-order valence-electron chi connectivity index (χ2n) is 6.82. The molecule has 10 heteroatoms. The number of benzene rings is 2. The van der Waals surface area contributed by atoms with E-state index in [0.29, 0.717) is 29.1 Å². The fourth-order valence-corrected chi connectivity index (χ4v) is 5.22. The van der Waals surface area contributed by atoms with Crippen LogP contribution in [0.5, 0.6) is 0 Å². The van der Waals surface area contributed by atoms with Crippen molar-refractivity contribution in [2.45, 2.75) is 17.4 Å². The lowest BCUT2D eigenvalue weighted by Gasteiger charge is -2.21. The van der Waals surface area contributed by atoms with E-state index in [-0.39, 0.29) is 4.90 Å². The zero-order chi connectivity index (χ0) is 21.4. The highest BCUT2D eigenvalue weighted by Gasteiger charge is 2.39. The van der Waals surface area contributed by atoms with Crippen molar-refractivity contribution >= 4 is 31.4 Å². The predicted molar refractivity (Wildman–Crippen MR) is 113 cm³/mol. The second kappa shape index (κ2) is 7.62. The van der Waals surface area contributed by atoms with Crippen LogP contribution < -0.4 is 4.72 Å². The van der Waals surface area contributed by atoms with Crippen molar-refractivity contribution < 1.29 is 21.3 Å². The molecule has 3 aromatic rings. The monoisotopic (exact) mass is 445 g/mol. The van der Waals surface area contributed by atoms with Gasteiger partial charge in [-0.15, -0.1) is 0 Å². The Morgan fingerprint density at radius 1 is 0.967 bits per heavy atom. The van der Waals surface area contributed by atoms with Gasteiger partial charge in [0.25, 0.3) is 10.0 Å². The van der Waals surface area contributed by atoms with Crippen LogP contribution >= 0.6 is 0 Å². The quantitative estimate of drug-likeness (QED) is 0.627. The van der Waals surface area contributed by atoms with Crippen LogP contribution in [0.15, 0.2) is 87.4 Å². The third-order valence-electron chi connectivity index (χ3n) is 4.55. The topological polar surface area (TPSA) is 109 Å². The normalized spacial score (nSPS) is 17.0. The van der Waals surface area contributed by atoms with Crippen LogP contribution in [0.3, 0.4) is 0 Å². The first-order chi connectivity index (χ1) is 14.2. The van der Waals surface area contributed by atoms with Crippen LogP contribution in [-0.2, 0) is 20.0 Å². The van der Waals surface area contributed by atoms with E-state index in [1.165, 1.54) is 18.4 Å². The van der Waals surface area contributed by atoms with Gasteiger partial charge in [0.05, 0.1) is 23.1 Å². The van der Waals surface area contributed by atoms with Gasteiger partial charge in [-0.1, -0.05) is 30.3 Å². The lowest BCUT2D eigenvalue weighted by atomic mass is 10.0. The number of anilines is 1. The average molecular weight is 446 g/mol. The first-order valence-electron chi connectivity index (χ1n) is 9.03. The molecule has 1 aliphatic rings. The highest BCUT2D eigenvalue weighted by Crippen LogP contribution is 2.37. The van der Waals surface area contributed by atoms with Crippen molar-refractivity contribution in [1.82, 2.24) is 4.41 Å². The van der Waals surface area contributed by atoms with E-state index in [0.717, 1.165) is 10.7 Å². The van der Waals surface area contributed by atoms with Crippen LogP contribution in [-0.4, -0.2) is 33.2 Å². The molecular weight excluding hydrogens is 426 g/mol. The lowest BCUT2D eigenvalue weighted by molar-refractivity contribution is 0.320. The lowest BCUT2D eigenvalue weighted by Crippen LogP contribution is -2.27. The molecule has 0 unspecified atom stereocenters. The maximum Gasteiger partial charge on any atom is 0.279 e. The number of sulfonamides is 2. The summed E-state index contributed by atoms with van der Waals surface area (Å²) in [5.41, 5.74) is 1.66. The number of rotatable bonds is 6. The van der Waals surface area contributed by atoms with Crippen molar-refractivity contribution in [2.24, 2.45) is 5.10 Å². The van der Waals surface area contributed by atoms with Gasteiger partial charge in [-0.2, -0.15) is 17.9 Å². The maximum atomic E-state index is 13.2. The predicted octanol–water partition coefficient (Wildman–Crippen LogP) is 3.19. The fraction of sp³-hybridized carbons (Fsp3) is 0.150. The number of nitrogens with one attached hydrogen (secondary N) is 1. The molecule has 156 valence electrons. The molecule has 8 nitrogen and oxygen atoms in total. The van der Waals surface area contributed by atoms with E-state index >= 15 is 0 Å². The Hall–Kier alpha value is -3.11. The Morgan fingerprint density at radius 3 is 2.27 bits per heavy atom. The summed E-state index contributed by atoms with van der Waals surface area (Å²) in [6.07, 6.45) is 2.88. The molecule has 1 atom stereocenters. The van der Waals surface area contributed by atoms with E-state index in [1.807, 2.05) is 0 Å². The molecule has 0 amide bonds. The van der Waals surface area contributed by atoms with Crippen LogP contribution in [0.1, 0.15) is 23.8 Å². The van der Waals surface area contributed by atoms with Crippen molar-refractivity contribution in [2.75, 3.05) is 11.0 Å². The Bertz CT molecular complexity index is 1270. The Balaban J connectivity index is 1.71. The summed E-state index contributed by atoms with van der Waals surface area (Å²) < 4.78 is 58.2. The van der Waals surface area contributed by atoms with Gasteiger partial charge in [-0.3, -0.25) is 4.72 Å². The number of hydrogen-bond donors (Lipinski definition) is 1. The van der Waals surface area contributed by atoms with Crippen molar-refractivity contribution in [3.63, 3.8) is 0 Å². The standard InChI is InChI=1S/C20H19N3O5S2/c1-29(24,25)22-16-11-9-15(10-12-16)18-14-19(20-8-5-13-28-20)23(21-18)30(26,27)17-6-3-2-4-7-17/h2-13,19,22H,14H2,1H3/t19-/m1/s1. The van der Waals surface area contributed by atoms with E-state index in [2.05, 4.69) is 9.82 Å². The molecule has 0 aliphatic carbocycles. The Kier molecular flexibility index (Phi) is 5.12. The van der Waals surface area contributed by atoms with E-state index in [4.69, 9.17) is 4.42 Å². The third kappa shape index (κ3) is 4.10. The molecule has 2 aromatic carbocycles. The molecular formula is C20H19N3O5S2. The zero-order valence-corrected chi connectivity index (χ0v) is 17.6. The minimum absolute atomic E-state index is 0.138. The zero-order valence-electron chi connectivity index (χ0n) is 16.0. The third-order valence-corrected chi connectivity index (χ3v) is 6.86. The van der Waals surface area contributed by atoms with Crippen LogP contribution in [0.4, 0.5) is 5.69 Å². The van der Waals surface area contributed by atoms with Gasteiger partial charge in [0, 0.05) is 12.1 Å². The summed E-state index contributed by atoms with van der Waals surface area (Å²) in [6.45, 7) is 0. The molecule has 2 heterocycles. The summed E-state index contributed by atoms with van der Waals surface area (Å²) in [4.78, 5) is 0.138. The molecule has 1 N–H and O–H groups in total. The first-order valence-corrected chi connectivity index (χ1v) is 12.4. The average Bonchev–Trinajstić information content (AvgIpc) is 3.38. The molecule has 1 aliphatic heterocycles. The molecule has 1 aromatic heterocycles. The molecule has 0 radical (unpaired) electrons. The van der Waals surface area contributed by atoms with Crippen molar-refractivity contribution in [3.8, 4) is 0 Å². The van der Waals surface area contributed by atoms with Crippen molar-refractivity contribution in [1.29, 1.82) is 0 Å². The maximum absolute atomic E-state index is 13.2. The number of hydrazone groups is 1. The minimum atomic E-state index is -3.89. The van der Waals surface area contributed by atoms with Gasteiger partial charge >= 0.3 is 0 Å². The largest absolute Gasteiger partial charge is 0.467 e. The summed E-state index contributed by atoms with van der Waals surface area (Å²) in [5, 5.41) is 4.41. The van der Waals surface area contributed by atoms with Crippen LogP contribution in [0.2, 0.25) is 0 Å². The van der Waals surface area contributed by atoms with E-state index in [1.54, 1.807) is 54.6 Å². The Labute approximate surface area is 174 Å². The van der Waals surface area contributed by atoms with E-state index in [9.17, 15) is 16.8 Å². The molecule has 0 bridgehead atoms. The summed E-state index contributed by atoms with van der Waals surface area (Å²) in [5.74, 6) is 0.489. The van der Waals surface area contributed by atoms with Gasteiger partial charge in [-0.05, 0) is 42.0 Å². The molecule has 0 fully saturated rings. The van der Waals surface area contributed by atoms with Gasteiger partial charge < -0.3 is 4.42 Å². The highest BCUT2D eigenvalue weighted by atomic mass is 32.2. The summed E-state index contributed by atoms with van der Waals surface area (Å²) >= 11 is 0. The summed E-state index contributed by atoms with van der Waals surface area (Å²) in [7, 11) is -7.28. The number of nitrogens with zero attached hydrogens (tertiary/aromatic N) is 2. The number of furan rings is 1. The minimum Gasteiger partial charge on any atom is -0.467 e. The van der Waals surface area contributed by atoms with Gasteiger partial charge in [-0.25, -0.2) is 8.42 Å². The SMILES string of the molecule is CS(=O)(=O)Nc1ccc(C2=NN(S(=O)(=O)c3ccccc3)[C@@H](c3ccco3)C2)cc1. The molecule has 0 saturated heterocycles. The van der Waals surface area contributed by atoms with Gasteiger partial charge in [0.2, 0.25) is 10.0 Å². The molecule has 0 spiro atoms. The number of hydrogen-bond acceptors (Lipinski definition) is 6. The Morgan fingerprint density at radius 2 is 1.67 bits per heavy atom. The van der Waals surface area contributed by atoms with Crippen LogP contribution in [0, 0.1) is 0 Å². The smallest absolute Gasteiger partial charge is 0.279 e. The summed E-state index contributed by atoms with van der Waals surface area (Å²) in [6, 6.07) is 17.5. The van der Waals surface area contributed by atoms with Crippen molar-refractivity contribution in [3.05, 3.63) is 84.3 Å². The molecule has 30 heavy (non-hydrogen) atoms. The highest BCUT2D eigenvalue weighted by molar-refractivity contribution is 7.92. The molecule has 0 saturated carbocycles. The van der Waals surface area contributed by atoms with Gasteiger partial charge in [0.15, 0.2) is 0 Å². The van der Waals surface area contributed by atoms with Gasteiger partial charge in [0.1, 0.15) is 11.8 Å². The molecule has 4 rings (SSSR count). The fourth-order valence-electron chi connectivity index (χ4n) is 3.22.